The summed E-state index contributed by atoms with van der Waals surface area (Å²) >= 11 is 5.84. The molecule has 150 valence electrons. The third kappa shape index (κ3) is 5.54. The number of carbonyl (C=O) groups excluding carboxylic acids is 2. The topological polar surface area (TPSA) is 70.2 Å². The van der Waals surface area contributed by atoms with Crippen LogP contribution in [0.2, 0.25) is 5.02 Å². The van der Waals surface area contributed by atoms with Crippen molar-refractivity contribution < 1.29 is 18.4 Å². The van der Waals surface area contributed by atoms with Gasteiger partial charge in [0.1, 0.15) is 11.6 Å². The van der Waals surface area contributed by atoms with Gasteiger partial charge in [0.2, 0.25) is 5.91 Å². The number of rotatable bonds is 7. The van der Waals surface area contributed by atoms with Crippen molar-refractivity contribution in [3.05, 3.63) is 34.4 Å². The monoisotopic (exact) mass is 401 g/mol. The number of halogens is 3. The molecule has 0 bridgehead atoms. The van der Waals surface area contributed by atoms with Crippen molar-refractivity contribution >= 4 is 23.5 Å². The molecular weight excluding hydrogens is 376 g/mol. The third-order valence-electron chi connectivity index (χ3n) is 4.91. The second-order valence-corrected chi connectivity index (χ2v) is 7.34. The van der Waals surface area contributed by atoms with E-state index in [1.165, 1.54) is 6.07 Å². The number of nitrogens with one attached hydrogen (secondary N) is 3. The van der Waals surface area contributed by atoms with Crippen molar-refractivity contribution in [2.24, 2.45) is 11.8 Å². The maximum Gasteiger partial charge on any atom is 0.314 e. The van der Waals surface area contributed by atoms with E-state index in [4.69, 9.17) is 11.6 Å². The summed E-state index contributed by atoms with van der Waals surface area (Å²) in [4.78, 5) is 24.1. The lowest BCUT2D eigenvalue weighted by Crippen LogP contribution is -2.43. The first-order valence-electron chi connectivity index (χ1n) is 9.30. The molecule has 0 radical (unpaired) electrons. The van der Waals surface area contributed by atoms with Gasteiger partial charge in [-0.15, -0.1) is 0 Å². The Morgan fingerprint density at radius 1 is 1.22 bits per heavy atom. The highest BCUT2D eigenvalue weighted by molar-refractivity contribution is 6.30. The van der Waals surface area contributed by atoms with E-state index >= 15 is 0 Å². The Morgan fingerprint density at radius 3 is 2.52 bits per heavy atom. The van der Waals surface area contributed by atoms with Crippen LogP contribution in [0.1, 0.15) is 51.1 Å². The maximum absolute atomic E-state index is 14.6. The number of hydrogen-bond donors (Lipinski definition) is 3. The molecule has 0 aromatic heterocycles. The molecule has 5 nitrogen and oxygen atoms in total. The van der Waals surface area contributed by atoms with E-state index in [2.05, 4.69) is 16.0 Å². The molecule has 1 aromatic carbocycles. The average molecular weight is 402 g/mol. The largest absolute Gasteiger partial charge is 0.349 e. The lowest BCUT2D eigenvalue weighted by Gasteiger charge is -2.27. The number of hydrogen-bond acceptors (Lipinski definition) is 2. The molecule has 0 heterocycles. The normalized spacial score (nSPS) is 16.6. The van der Waals surface area contributed by atoms with Gasteiger partial charge in [0.25, 0.3) is 0 Å². The van der Waals surface area contributed by atoms with Crippen molar-refractivity contribution in [2.75, 3.05) is 13.1 Å². The number of benzene rings is 1. The molecule has 27 heavy (non-hydrogen) atoms. The highest BCUT2D eigenvalue weighted by Crippen LogP contribution is 2.39. The molecule has 8 heteroatoms. The van der Waals surface area contributed by atoms with Crippen LogP contribution in [0.3, 0.4) is 0 Å². The van der Waals surface area contributed by atoms with Crippen molar-refractivity contribution in [1.82, 2.24) is 16.0 Å². The van der Waals surface area contributed by atoms with Crippen LogP contribution < -0.4 is 16.0 Å². The fourth-order valence-corrected chi connectivity index (χ4v) is 3.57. The van der Waals surface area contributed by atoms with E-state index in [9.17, 15) is 18.4 Å². The van der Waals surface area contributed by atoms with Crippen molar-refractivity contribution in [2.45, 2.75) is 45.6 Å². The second kappa shape index (κ2) is 9.88. The lowest BCUT2D eigenvalue weighted by atomic mass is 9.90. The van der Waals surface area contributed by atoms with Gasteiger partial charge in [0.05, 0.1) is 17.0 Å². The predicted molar refractivity (Wildman–Crippen MR) is 100 cm³/mol. The van der Waals surface area contributed by atoms with E-state index in [0.29, 0.717) is 6.54 Å². The van der Waals surface area contributed by atoms with Crippen LogP contribution >= 0.6 is 11.6 Å². The third-order valence-corrected chi connectivity index (χ3v) is 5.21. The van der Waals surface area contributed by atoms with Crippen LogP contribution in [0.5, 0.6) is 0 Å². The Hall–Kier alpha value is -1.89. The molecule has 3 amide bonds. The molecule has 0 saturated heterocycles. The zero-order chi connectivity index (χ0) is 20.0. The molecule has 2 unspecified atom stereocenters. The quantitative estimate of drug-likeness (QED) is 0.606. The minimum Gasteiger partial charge on any atom is -0.349 e. The summed E-state index contributed by atoms with van der Waals surface area (Å²) in [6.07, 6.45) is 3.47. The standard InChI is InChI=1S/C19H26ClF2N3O2/c1-3-23-19(27)24-10-11(2)18(26)25-17(12-6-4-5-7-12)15-14(21)9-8-13(20)16(15)22/h8-9,11-12,17H,3-7,10H2,1-2H3,(H,25,26)(H2,23,24,27). The Morgan fingerprint density at radius 2 is 1.89 bits per heavy atom. The van der Waals surface area contributed by atoms with Crippen molar-refractivity contribution in [1.29, 1.82) is 0 Å². The van der Waals surface area contributed by atoms with E-state index in [0.717, 1.165) is 31.7 Å². The summed E-state index contributed by atoms with van der Waals surface area (Å²) in [5, 5.41) is 7.79. The first-order chi connectivity index (χ1) is 12.8. The van der Waals surface area contributed by atoms with E-state index < -0.39 is 23.6 Å². The van der Waals surface area contributed by atoms with E-state index in [1.807, 2.05) is 0 Å². The molecule has 1 aliphatic rings. The van der Waals surface area contributed by atoms with Gasteiger partial charge in [-0.1, -0.05) is 31.4 Å². The van der Waals surface area contributed by atoms with Gasteiger partial charge in [-0.25, -0.2) is 13.6 Å². The van der Waals surface area contributed by atoms with Crippen LogP contribution in [0.15, 0.2) is 12.1 Å². The van der Waals surface area contributed by atoms with E-state index in [1.54, 1.807) is 13.8 Å². The first-order valence-corrected chi connectivity index (χ1v) is 9.68. The fraction of sp³-hybridized carbons (Fsp3) is 0.579. The Kier molecular flexibility index (Phi) is 7.83. The Labute approximate surface area is 163 Å². The molecule has 3 N–H and O–H groups in total. The molecule has 1 aliphatic carbocycles. The molecule has 2 atom stereocenters. The van der Waals surface area contributed by atoms with Gasteiger partial charge >= 0.3 is 6.03 Å². The summed E-state index contributed by atoms with van der Waals surface area (Å²) < 4.78 is 29.0. The summed E-state index contributed by atoms with van der Waals surface area (Å²) in [6.45, 7) is 4.03. The van der Waals surface area contributed by atoms with Gasteiger partial charge in [0, 0.05) is 18.7 Å². The SMILES string of the molecule is CCNC(=O)NCC(C)C(=O)NC(c1c(F)ccc(Cl)c1F)C1CCCC1. The molecule has 1 aromatic rings. The molecule has 2 rings (SSSR count). The van der Waals surface area contributed by atoms with Crippen LogP contribution in [0.25, 0.3) is 0 Å². The summed E-state index contributed by atoms with van der Waals surface area (Å²) in [5.41, 5.74) is -0.188. The zero-order valence-electron chi connectivity index (χ0n) is 15.6. The van der Waals surface area contributed by atoms with Gasteiger partial charge in [-0.3, -0.25) is 4.79 Å². The summed E-state index contributed by atoms with van der Waals surface area (Å²) in [7, 11) is 0. The van der Waals surface area contributed by atoms with Crippen LogP contribution in [-0.4, -0.2) is 25.0 Å². The highest BCUT2D eigenvalue weighted by Gasteiger charge is 2.33. The van der Waals surface area contributed by atoms with Crippen LogP contribution in [0.4, 0.5) is 13.6 Å². The van der Waals surface area contributed by atoms with Crippen LogP contribution in [0, 0.1) is 23.5 Å². The molecule has 0 aliphatic heterocycles. The zero-order valence-corrected chi connectivity index (χ0v) is 16.3. The average Bonchev–Trinajstić information content (AvgIpc) is 3.16. The lowest BCUT2D eigenvalue weighted by molar-refractivity contribution is -0.125. The minimum atomic E-state index is -0.832. The first kappa shape index (κ1) is 21.4. The fourth-order valence-electron chi connectivity index (χ4n) is 3.40. The van der Waals surface area contributed by atoms with E-state index in [-0.39, 0.29) is 35.0 Å². The molecular formula is C19H26ClF2N3O2. The molecule has 0 spiro atoms. The minimum absolute atomic E-state index is 0.0556. The number of amides is 3. The van der Waals surface area contributed by atoms with Gasteiger partial charge in [-0.05, 0) is 37.8 Å². The van der Waals surface area contributed by atoms with Crippen molar-refractivity contribution in [3.63, 3.8) is 0 Å². The smallest absolute Gasteiger partial charge is 0.314 e. The number of urea groups is 1. The molecule has 1 saturated carbocycles. The number of carbonyl (C=O) groups is 2. The summed E-state index contributed by atoms with van der Waals surface area (Å²) in [6, 6.07) is 1.14. The van der Waals surface area contributed by atoms with Gasteiger partial charge in [-0.2, -0.15) is 0 Å². The van der Waals surface area contributed by atoms with Gasteiger partial charge < -0.3 is 16.0 Å². The van der Waals surface area contributed by atoms with Crippen LogP contribution in [-0.2, 0) is 4.79 Å². The second-order valence-electron chi connectivity index (χ2n) is 6.93. The van der Waals surface area contributed by atoms with Crippen molar-refractivity contribution in [3.8, 4) is 0 Å². The van der Waals surface area contributed by atoms with Gasteiger partial charge in [0.15, 0.2) is 0 Å². The Balaban J connectivity index is 2.15. The summed E-state index contributed by atoms with van der Waals surface area (Å²) in [5.74, 6) is -2.53. The predicted octanol–water partition coefficient (Wildman–Crippen LogP) is 3.92. The Bertz CT molecular complexity index is 681. The highest BCUT2D eigenvalue weighted by atomic mass is 35.5. The molecule has 1 fully saturated rings. The maximum atomic E-state index is 14.6.